The van der Waals surface area contributed by atoms with Crippen molar-refractivity contribution < 1.29 is 71.4 Å². The highest BCUT2D eigenvalue weighted by atomic mass is 32.2. The van der Waals surface area contributed by atoms with E-state index in [1.807, 2.05) is 0 Å². The number of ether oxygens (including phenoxy) is 9. The van der Waals surface area contributed by atoms with Crippen molar-refractivity contribution in [1.82, 2.24) is 5.32 Å². The summed E-state index contributed by atoms with van der Waals surface area (Å²) < 4.78 is 50.4. The molecule has 0 spiro atoms. The Morgan fingerprint density at radius 3 is 1.82 bits per heavy atom. The first-order valence-corrected chi connectivity index (χ1v) is 14.8. The smallest absolute Gasteiger partial charge is 0.303 e. The zero-order valence-electron chi connectivity index (χ0n) is 26.1. The van der Waals surface area contributed by atoms with E-state index in [1.165, 1.54) is 13.8 Å². The van der Waals surface area contributed by atoms with Crippen molar-refractivity contribution in [3.63, 3.8) is 0 Å². The summed E-state index contributed by atoms with van der Waals surface area (Å²) in [6.45, 7) is 9.73. The fourth-order valence-corrected chi connectivity index (χ4v) is 5.50. The van der Waals surface area contributed by atoms with Crippen LogP contribution in [-0.4, -0.2) is 114 Å². The monoisotopic (exact) mass is 662 g/mol. The van der Waals surface area contributed by atoms with Crippen LogP contribution in [0.4, 0.5) is 0 Å². The van der Waals surface area contributed by atoms with Crippen molar-refractivity contribution >= 4 is 51.9 Å². The van der Waals surface area contributed by atoms with Crippen molar-refractivity contribution in [3.05, 3.63) is 0 Å². The van der Waals surface area contributed by atoms with Gasteiger partial charge < -0.3 is 47.9 Å². The van der Waals surface area contributed by atoms with E-state index in [-0.39, 0.29) is 11.7 Å². The second kappa shape index (κ2) is 15.3. The van der Waals surface area contributed by atoms with Crippen LogP contribution in [0.3, 0.4) is 0 Å². The third-order valence-electron chi connectivity index (χ3n) is 6.30. The SMILES string of the molecule is CC(=O)OC[C@H]1O[C@@H](NC(=NC[C@H]2O[C@@H]3OC(C)(C)O[C@@H]3[C@H]2OC(C)=O)SC(C)=O)[C@H](OC(C)=O)[C@@H](OC(C)=O)[C@@H]1OC(C)=O. The second-order valence-corrected chi connectivity index (χ2v) is 11.9. The summed E-state index contributed by atoms with van der Waals surface area (Å²) in [7, 11) is 0. The lowest BCUT2D eigenvalue weighted by Gasteiger charge is -2.44. The number of rotatable bonds is 9. The molecule has 17 nitrogen and oxygen atoms in total. The topological polar surface area (TPSA) is 210 Å². The molecule has 18 heteroatoms. The molecule has 45 heavy (non-hydrogen) atoms. The molecule has 1 N–H and O–H groups in total. The third-order valence-corrected chi connectivity index (χ3v) is 7.03. The fraction of sp³-hybridized carbons (Fsp3) is 0.741. The Morgan fingerprint density at radius 2 is 1.27 bits per heavy atom. The summed E-state index contributed by atoms with van der Waals surface area (Å²) in [5, 5.41) is 2.43. The number of nitrogens with one attached hydrogen (secondary N) is 1. The molecule has 0 amide bonds. The number of amidine groups is 1. The molecule has 3 rings (SSSR count). The number of carbonyl (C=O) groups is 6. The number of hydrogen-bond donors (Lipinski definition) is 1. The van der Waals surface area contributed by atoms with Crippen LogP contribution >= 0.6 is 11.8 Å². The Bertz CT molecular complexity index is 1190. The minimum Gasteiger partial charge on any atom is -0.463 e. The molecule has 9 atom stereocenters. The van der Waals surface area contributed by atoms with E-state index < -0.39 is 103 Å². The molecular formula is C27H38N2O15S. The summed E-state index contributed by atoms with van der Waals surface area (Å²) >= 11 is 0.655. The molecule has 3 aliphatic heterocycles. The second-order valence-electron chi connectivity index (χ2n) is 10.7. The summed E-state index contributed by atoms with van der Waals surface area (Å²) in [6, 6.07) is 0. The quantitative estimate of drug-likeness (QED) is 0.150. The summed E-state index contributed by atoms with van der Waals surface area (Å²) in [4.78, 5) is 76.4. The minimum absolute atomic E-state index is 0.0483. The average Bonchev–Trinajstić information content (AvgIpc) is 3.34. The molecule has 3 heterocycles. The van der Waals surface area contributed by atoms with Gasteiger partial charge in [0.2, 0.25) is 0 Å². The van der Waals surface area contributed by atoms with E-state index in [4.69, 9.17) is 42.6 Å². The van der Waals surface area contributed by atoms with E-state index in [1.54, 1.807) is 13.8 Å². The summed E-state index contributed by atoms with van der Waals surface area (Å²) in [5.41, 5.74) is 0. The Balaban J connectivity index is 1.94. The van der Waals surface area contributed by atoms with Crippen molar-refractivity contribution in [2.24, 2.45) is 4.99 Å². The molecule has 3 fully saturated rings. The van der Waals surface area contributed by atoms with Gasteiger partial charge in [0.25, 0.3) is 0 Å². The van der Waals surface area contributed by atoms with E-state index in [0.717, 1.165) is 27.7 Å². The molecule has 0 aromatic heterocycles. The van der Waals surface area contributed by atoms with Gasteiger partial charge in [0.15, 0.2) is 59.1 Å². The zero-order chi connectivity index (χ0) is 33.6. The first kappa shape index (κ1) is 36.2. The average molecular weight is 663 g/mol. The zero-order valence-corrected chi connectivity index (χ0v) is 26.9. The van der Waals surface area contributed by atoms with Crippen molar-refractivity contribution in [2.45, 2.75) is 116 Å². The van der Waals surface area contributed by atoms with Gasteiger partial charge in [0.1, 0.15) is 18.8 Å². The molecule has 3 saturated heterocycles. The van der Waals surface area contributed by atoms with Gasteiger partial charge in [-0.25, -0.2) is 0 Å². The van der Waals surface area contributed by atoms with Crippen molar-refractivity contribution in [2.75, 3.05) is 13.2 Å². The maximum atomic E-state index is 12.2. The molecule has 0 aromatic rings. The fourth-order valence-electron chi connectivity index (χ4n) is 4.91. The maximum Gasteiger partial charge on any atom is 0.303 e. The number of fused-ring (bicyclic) bond motifs is 1. The summed E-state index contributed by atoms with van der Waals surface area (Å²) in [5.74, 6) is -4.62. The molecule has 0 unspecified atom stereocenters. The molecule has 0 bridgehead atoms. The van der Waals surface area contributed by atoms with Crippen LogP contribution in [0.2, 0.25) is 0 Å². The summed E-state index contributed by atoms with van der Waals surface area (Å²) in [6.07, 6.45) is -10.2. The maximum absolute atomic E-state index is 12.2. The van der Waals surface area contributed by atoms with Crippen LogP contribution in [0.25, 0.3) is 0 Å². The Morgan fingerprint density at radius 1 is 0.711 bits per heavy atom. The molecule has 252 valence electrons. The van der Waals surface area contributed by atoms with Gasteiger partial charge in [-0.1, -0.05) is 0 Å². The predicted octanol–water partition coefficient (Wildman–Crippen LogP) is 0.103. The van der Waals surface area contributed by atoms with Gasteiger partial charge in [-0.05, 0) is 25.6 Å². The lowest BCUT2D eigenvalue weighted by Crippen LogP contribution is -2.66. The minimum atomic E-state index is -1.44. The number of esters is 5. The van der Waals surface area contributed by atoms with Gasteiger partial charge >= 0.3 is 29.8 Å². The van der Waals surface area contributed by atoms with Crippen molar-refractivity contribution in [1.29, 1.82) is 0 Å². The first-order chi connectivity index (χ1) is 21.0. The Kier molecular flexibility index (Phi) is 12.3. The Hall–Kier alpha value is -3.32. The standard InChI is InChI=1S/C27H38N2O15S/c1-11(30)36-10-18-20(38-13(3)32)21(39-14(4)33)22(40-15(5)34)24(41-18)29-26(45-16(6)35)28-9-17-19(37-12(2)31)23-25(42-17)44-27(7,8)43-23/h17-25H,9-10H2,1-8H3,(H,28,29)/t17-,18-,19+,20-,21+,22-,23-,24-,25-/m1/s1. The molecule has 0 saturated carbocycles. The van der Waals surface area contributed by atoms with Crippen LogP contribution in [-0.2, 0) is 71.4 Å². The lowest BCUT2D eigenvalue weighted by atomic mass is 9.97. The molecule has 0 aromatic carbocycles. The molecule has 0 radical (unpaired) electrons. The Labute approximate surface area is 263 Å². The van der Waals surface area contributed by atoms with E-state index in [9.17, 15) is 28.8 Å². The number of thioether (sulfide) groups is 1. The van der Waals surface area contributed by atoms with Gasteiger partial charge in [0.05, 0.1) is 6.54 Å². The van der Waals surface area contributed by atoms with Crippen LogP contribution in [0.1, 0.15) is 55.4 Å². The van der Waals surface area contributed by atoms with Crippen LogP contribution in [0.5, 0.6) is 0 Å². The number of aliphatic imine (C=N–C) groups is 1. The van der Waals surface area contributed by atoms with Gasteiger partial charge in [-0.3, -0.25) is 33.8 Å². The van der Waals surface area contributed by atoms with Crippen LogP contribution in [0.15, 0.2) is 4.99 Å². The van der Waals surface area contributed by atoms with Gasteiger partial charge in [-0.2, -0.15) is 0 Å². The van der Waals surface area contributed by atoms with Crippen molar-refractivity contribution in [3.8, 4) is 0 Å². The van der Waals surface area contributed by atoms with Gasteiger partial charge in [-0.15, -0.1) is 0 Å². The molecular weight excluding hydrogens is 624 g/mol. The van der Waals surface area contributed by atoms with E-state index in [2.05, 4.69) is 10.3 Å². The highest BCUT2D eigenvalue weighted by Crippen LogP contribution is 2.39. The lowest BCUT2D eigenvalue weighted by molar-refractivity contribution is -0.254. The number of carbonyl (C=O) groups excluding carboxylic acids is 6. The third kappa shape index (κ3) is 10.4. The molecule has 3 aliphatic rings. The normalized spacial score (nSPS) is 32.1. The number of hydrogen-bond acceptors (Lipinski definition) is 17. The van der Waals surface area contributed by atoms with Crippen LogP contribution in [0, 0.1) is 0 Å². The van der Waals surface area contributed by atoms with Gasteiger partial charge in [0, 0.05) is 41.5 Å². The van der Waals surface area contributed by atoms with E-state index in [0.29, 0.717) is 11.8 Å². The van der Waals surface area contributed by atoms with Crippen LogP contribution < -0.4 is 5.32 Å². The largest absolute Gasteiger partial charge is 0.463 e. The number of nitrogens with zero attached hydrogens (tertiary/aromatic N) is 1. The highest BCUT2D eigenvalue weighted by molar-refractivity contribution is 8.26. The predicted molar refractivity (Wildman–Crippen MR) is 150 cm³/mol. The molecule has 0 aliphatic carbocycles. The first-order valence-electron chi connectivity index (χ1n) is 13.9. The van der Waals surface area contributed by atoms with E-state index >= 15 is 0 Å². The highest BCUT2D eigenvalue weighted by Gasteiger charge is 2.56.